The van der Waals surface area contributed by atoms with E-state index in [4.69, 9.17) is 0 Å². The summed E-state index contributed by atoms with van der Waals surface area (Å²) >= 11 is 0. The second kappa shape index (κ2) is 9.67. The van der Waals surface area contributed by atoms with Crippen molar-refractivity contribution in [3.8, 4) is 0 Å². The number of likely N-dealkylation sites (N-methyl/N-ethyl adjacent to an activating group) is 1. The molecule has 1 aromatic rings. The molecule has 0 bridgehead atoms. The van der Waals surface area contributed by atoms with Gasteiger partial charge >= 0.3 is 6.03 Å². The Labute approximate surface area is 142 Å². The molecule has 1 unspecified atom stereocenters. The molecule has 4 N–H and O–H groups in total. The van der Waals surface area contributed by atoms with Gasteiger partial charge in [-0.15, -0.1) is 0 Å². The van der Waals surface area contributed by atoms with Crippen molar-refractivity contribution in [1.29, 1.82) is 0 Å². The van der Waals surface area contributed by atoms with Gasteiger partial charge in [-0.3, -0.25) is 14.9 Å². The number of hydrogen-bond donors (Lipinski definition) is 4. The zero-order chi connectivity index (χ0) is 18.1. The molecule has 0 saturated carbocycles. The fraction of sp³-hybridized carbons (Fsp3) is 0.471. The molecule has 24 heavy (non-hydrogen) atoms. The van der Waals surface area contributed by atoms with E-state index in [1.807, 2.05) is 31.2 Å². The largest absolute Gasteiger partial charge is 0.336 e. The molecule has 0 fully saturated rings. The van der Waals surface area contributed by atoms with E-state index in [0.29, 0.717) is 4.90 Å². The molecule has 4 amide bonds. The van der Waals surface area contributed by atoms with Crippen molar-refractivity contribution in [1.82, 2.24) is 10.6 Å². The van der Waals surface area contributed by atoms with Crippen molar-refractivity contribution >= 4 is 23.5 Å². The maximum absolute atomic E-state index is 12.1. The topological polar surface area (TPSA) is 91.7 Å². The summed E-state index contributed by atoms with van der Waals surface area (Å²) in [6.07, 6.45) is 0.826. The summed E-state index contributed by atoms with van der Waals surface area (Å²) in [6.45, 7) is 5.81. The normalized spacial score (nSPS) is 11.7. The number of benzene rings is 1. The van der Waals surface area contributed by atoms with Crippen molar-refractivity contribution in [3.63, 3.8) is 0 Å². The molecular formula is C17H27N4O3+. The molecule has 7 heteroatoms. The number of anilines is 1. The van der Waals surface area contributed by atoms with Crippen LogP contribution < -0.4 is 20.9 Å². The molecule has 0 saturated heterocycles. The summed E-state index contributed by atoms with van der Waals surface area (Å²) in [7, 11) is 1.73. The van der Waals surface area contributed by atoms with Gasteiger partial charge in [-0.2, -0.15) is 0 Å². The molecule has 0 aliphatic heterocycles. The van der Waals surface area contributed by atoms with Crippen molar-refractivity contribution in [2.75, 3.05) is 25.5 Å². The Balaban J connectivity index is 2.44. The minimum Gasteiger partial charge on any atom is -0.336 e. The Morgan fingerprint density at radius 3 is 2.33 bits per heavy atom. The maximum atomic E-state index is 12.1. The van der Waals surface area contributed by atoms with E-state index < -0.39 is 11.9 Å². The van der Waals surface area contributed by atoms with Crippen LogP contribution in [0.5, 0.6) is 0 Å². The third kappa shape index (κ3) is 7.23. The highest BCUT2D eigenvalue weighted by Crippen LogP contribution is 2.14. The Morgan fingerprint density at radius 1 is 1.08 bits per heavy atom. The number of amides is 4. The van der Waals surface area contributed by atoms with E-state index >= 15 is 0 Å². The minimum atomic E-state index is -0.524. The molecule has 0 aliphatic rings. The summed E-state index contributed by atoms with van der Waals surface area (Å²) in [4.78, 5) is 36.0. The highest BCUT2D eigenvalue weighted by molar-refractivity contribution is 5.95. The zero-order valence-electron chi connectivity index (χ0n) is 14.7. The number of carbonyl (C=O) groups is 3. The van der Waals surface area contributed by atoms with E-state index in [0.717, 1.165) is 17.7 Å². The van der Waals surface area contributed by atoms with Gasteiger partial charge in [0, 0.05) is 11.7 Å². The number of carbonyl (C=O) groups excluding carboxylic acids is 3. The molecule has 1 rings (SSSR count). The van der Waals surface area contributed by atoms with Crippen LogP contribution in [0.1, 0.15) is 26.3 Å². The maximum Gasteiger partial charge on any atom is 0.321 e. The van der Waals surface area contributed by atoms with E-state index in [-0.39, 0.29) is 25.0 Å². The van der Waals surface area contributed by atoms with Gasteiger partial charge in [0.1, 0.15) is 0 Å². The van der Waals surface area contributed by atoms with Crippen LogP contribution in [0.15, 0.2) is 24.3 Å². The first-order valence-corrected chi connectivity index (χ1v) is 8.11. The van der Waals surface area contributed by atoms with Gasteiger partial charge in [0.25, 0.3) is 11.8 Å². The van der Waals surface area contributed by atoms with Crippen molar-refractivity contribution in [2.45, 2.75) is 33.2 Å². The smallest absolute Gasteiger partial charge is 0.321 e. The monoisotopic (exact) mass is 335 g/mol. The van der Waals surface area contributed by atoms with Crippen LogP contribution in [0, 0.1) is 0 Å². The predicted molar refractivity (Wildman–Crippen MR) is 92.9 cm³/mol. The second-order valence-electron chi connectivity index (χ2n) is 6.05. The lowest BCUT2D eigenvalue weighted by atomic mass is 10.1. The molecule has 0 aromatic heterocycles. The van der Waals surface area contributed by atoms with Gasteiger partial charge < -0.3 is 15.5 Å². The highest BCUT2D eigenvalue weighted by Gasteiger charge is 2.17. The lowest BCUT2D eigenvalue weighted by Gasteiger charge is -2.15. The lowest BCUT2D eigenvalue weighted by Crippen LogP contribution is -3.11. The quantitative estimate of drug-likeness (QED) is 0.562. The molecule has 0 radical (unpaired) electrons. The number of urea groups is 1. The standard InChI is InChI=1S/C17H26N4O3/c1-5-13-8-6-7-9-14(13)19-15(22)10-21(4)11-16(23)20-17(24)18-12(2)3/h6-9,12H,5,10-11H2,1-4H3,(H,19,22)(H2,18,20,23,24)/p+1. The fourth-order valence-electron chi connectivity index (χ4n) is 2.22. The summed E-state index contributed by atoms with van der Waals surface area (Å²) in [5, 5.41) is 7.68. The zero-order valence-corrected chi connectivity index (χ0v) is 14.7. The van der Waals surface area contributed by atoms with Gasteiger partial charge in [-0.05, 0) is 31.9 Å². The summed E-state index contributed by atoms with van der Waals surface area (Å²) in [5.74, 6) is -0.597. The summed E-state index contributed by atoms with van der Waals surface area (Å²) in [5.41, 5.74) is 1.85. The second-order valence-corrected chi connectivity index (χ2v) is 6.05. The van der Waals surface area contributed by atoms with Crippen molar-refractivity contribution in [3.05, 3.63) is 29.8 Å². The van der Waals surface area contributed by atoms with E-state index in [2.05, 4.69) is 16.0 Å². The summed E-state index contributed by atoms with van der Waals surface area (Å²) < 4.78 is 0. The molecule has 0 spiro atoms. The number of hydrogen-bond acceptors (Lipinski definition) is 3. The first kappa shape index (κ1) is 19.6. The van der Waals surface area contributed by atoms with E-state index in [9.17, 15) is 14.4 Å². The molecular weight excluding hydrogens is 308 g/mol. The molecule has 7 nitrogen and oxygen atoms in total. The minimum absolute atomic E-state index is 0.0361. The third-order valence-corrected chi connectivity index (χ3v) is 3.27. The predicted octanol–water partition coefficient (Wildman–Crippen LogP) is -0.0636. The number of imide groups is 1. The lowest BCUT2D eigenvalue weighted by molar-refractivity contribution is -0.862. The molecule has 1 atom stereocenters. The average molecular weight is 335 g/mol. The van der Waals surface area contributed by atoms with E-state index in [1.165, 1.54) is 0 Å². The first-order chi connectivity index (χ1) is 11.3. The highest BCUT2D eigenvalue weighted by atomic mass is 16.2. The number of quaternary nitrogens is 1. The van der Waals surface area contributed by atoms with Gasteiger partial charge in [-0.1, -0.05) is 25.1 Å². The first-order valence-electron chi connectivity index (χ1n) is 8.11. The van der Waals surface area contributed by atoms with Crippen LogP contribution in [-0.2, 0) is 16.0 Å². The van der Waals surface area contributed by atoms with Gasteiger partial charge in [0.05, 0.1) is 7.05 Å². The van der Waals surface area contributed by atoms with Crippen LogP contribution in [0.2, 0.25) is 0 Å². The number of aryl methyl sites for hydroxylation is 1. The van der Waals surface area contributed by atoms with Crippen LogP contribution >= 0.6 is 0 Å². The third-order valence-electron chi connectivity index (χ3n) is 3.27. The van der Waals surface area contributed by atoms with Crippen LogP contribution in [0.3, 0.4) is 0 Å². The Kier molecular flexibility index (Phi) is 7.91. The molecule has 132 valence electrons. The van der Waals surface area contributed by atoms with Crippen LogP contribution in [-0.4, -0.2) is 44.0 Å². The van der Waals surface area contributed by atoms with Gasteiger partial charge in [0.15, 0.2) is 13.1 Å². The molecule has 0 heterocycles. The number of nitrogens with one attached hydrogen (secondary N) is 4. The Hall–Kier alpha value is -2.41. The summed E-state index contributed by atoms with van der Waals surface area (Å²) in [6, 6.07) is 7.04. The Bertz CT molecular complexity index is 587. The number of para-hydroxylation sites is 1. The molecule has 1 aromatic carbocycles. The van der Waals surface area contributed by atoms with Crippen molar-refractivity contribution < 1.29 is 19.3 Å². The Morgan fingerprint density at radius 2 is 1.71 bits per heavy atom. The van der Waals surface area contributed by atoms with Gasteiger partial charge in [-0.25, -0.2) is 4.79 Å². The SMILES string of the molecule is CCc1ccccc1NC(=O)C[NH+](C)CC(=O)NC(=O)NC(C)C. The van der Waals surface area contributed by atoms with Gasteiger partial charge in [0.2, 0.25) is 0 Å². The molecule has 0 aliphatic carbocycles. The fourth-order valence-corrected chi connectivity index (χ4v) is 2.22. The van der Waals surface area contributed by atoms with Crippen molar-refractivity contribution in [2.24, 2.45) is 0 Å². The van der Waals surface area contributed by atoms with E-state index in [1.54, 1.807) is 20.9 Å². The number of rotatable bonds is 7. The van der Waals surface area contributed by atoms with Crippen LogP contribution in [0.4, 0.5) is 10.5 Å². The average Bonchev–Trinajstić information content (AvgIpc) is 2.45. The van der Waals surface area contributed by atoms with Crippen LogP contribution in [0.25, 0.3) is 0 Å².